The van der Waals surface area contributed by atoms with Crippen molar-refractivity contribution in [3.8, 4) is 11.5 Å². The Hall–Kier alpha value is -1.92. The molecule has 1 aromatic carbocycles. The van der Waals surface area contributed by atoms with E-state index in [-0.39, 0.29) is 5.75 Å². The molecule has 0 amide bonds. The molecule has 0 saturated carbocycles. The molecule has 3 aliphatic rings. The number of methoxy groups -OCH3 is 3. The average Bonchev–Trinajstić information content (AvgIpc) is 2.93. The first-order chi connectivity index (χ1) is 12.5. The molecule has 142 valence electrons. The van der Waals surface area contributed by atoms with Gasteiger partial charge in [-0.25, -0.2) is 0 Å². The quantitative estimate of drug-likeness (QED) is 0.857. The first kappa shape index (κ1) is 17.5. The summed E-state index contributed by atoms with van der Waals surface area (Å²) in [6.45, 7) is 0.854. The minimum atomic E-state index is -0.772. The zero-order valence-electron chi connectivity index (χ0n) is 15.8. The second-order valence-electron chi connectivity index (χ2n) is 7.59. The molecule has 0 radical (unpaired) electrons. The molecule has 2 N–H and O–H groups in total. The first-order valence-electron chi connectivity index (χ1n) is 9.08. The molecule has 2 aliphatic carbocycles. The van der Waals surface area contributed by atoms with Gasteiger partial charge in [-0.05, 0) is 50.9 Å². The lowest BCUT2D eigenvalue weighted by Gasteiger charge is -2.56. The highest BCUT2D eigenvalue weighted by atomic mass is 16.5. The van der Waals surface area contributed by atoms with Crippen LogP contribution in [0.1, 0.15) is 30.4 Å². The molecule has 2 unspecified atom stereocenters. The van der Waals surface area contributed by atoms with Crippen molar-refractivity contribution in [2.45, 2.75) is 42.7 Å². The number of likely N-dealkylation sites (N-methyl/N-ethyl adjacent to an activating group) is 1. The van der Waals surface area contributed by atoms with Crippen LogP contribution in [0, 0.1) is 0 Å². The number of benzene rings is 1. The summed E-state index contributed by atoms with van der Waals surface area (Å²) in [6, 6.07) is 3.86. The van der Waals surface area contributed by atoms with Gasteiger partial charge < -0.3 is 24.4 Å². The van der Waals surface area contributed by atoms with Crippen LogP contribution >= 0.6 is 0 Å². The van der Waals surface area contributed by atoms with Gasteiger partial charge >= 0.3 is 0 Å². The minimum absolute atomic E-state index is 0.188. The lowest BCUT2D eigenvalue weighted by Crippen LogP contribution is -2.63. The van der Waals surface area contributed by atoms with Crippen molar-refractivity contribution in [1.29, 1.82) is 0 Å². The van der Waals surface area contributed by atoms with Crippen LogP contribution in [0.4, 0.5) is 0 Å². The van der Waals surface area contributed by atoms with E-state index < -0.39 is 17.1 Å². The molecular formula is C20H27NO5. The van der Waals surface area contributed by atoms with Crippen molar-refractivity contribution < 1.29 is 24.4 Å². The van der Waals surface area contributed by atoms with Gasteiger partial charge in [0.1, 0.15) is 6.10 Å². The standard InChI is InChI=1S/C20H27NO5/c1-21-10-9-19-11-13(22)17(25-3)18(26-4)20(19,21)8-7-12-5-6-14(24-2)16(23)15(12)19/h5-6,13,22-23H,7-11H2,1-4H3/t13?,19?,20-/m1/s1. The molecule has 26 heavy (non-hydrogen) atoms. The third-order valence-corrected chi connectivity index (χ3v) is 6.87. The van der Waals surface area contributed by atoms with Crippen LogP contribution in [0.2, 0.25) is 0 Å². The highest BCUT2D eigenvalue weighted by molar-refractivity contribution is 5.60. The number of rotatable bonds is 3. The fraction of sp³-hybridized carbons (Fsp3) is 0.600. The highest BCUT2D eigenvalue weighted by Gasteiger charge is 2.68. The smallest absolute Gasteiger partial charge is 0.163 e. The van der Waals surface area contributed by atoms with Crippen molar-refractivity contribution >= 4 is 0 Å². The van der Waals surface area contributed by atoms with Gasteiger partial charge in [-0.3, -0.25) is 4.90 Å². The lowest BCUT2D eigenvalue weighted by molar-refractivity contribution is -0.0220. The zero-order chi connectivity index (χ0) is 18.7. The van der Waals surface area contributed by atoms with Crippen molar-refractivity contribution in [3.63, 3.8) is 0 Å². The predicted octanol–water partition coefficient (Wildman–Crippen LogP) is 1.93. The number of aliphatic hydroxyl groups excluding tert-OH is 1. The number of nitrogens with zero attached hydrogens (tertiary/aromatic N) is 1. The Morgan fingerprint density at radius 2 is 1.88 bits per heavy atom. The summed E-state index contributed by atoms with van der Waals surface area (Å²) in [7, 11) is 6.87. The second kappa shape index (κ2) is 5.79. The van der Waals surface area contributed by atoms with Crippen LogP contribution in [0.25, 0.3) is 0 Å². The minimum Gasteiger partial charge on any atom is -0.504 e. The molecule has 0 spiro atoms. The number of aromatic hydroxyl groups is 1. The Balaban J connectivity index is 2.05. The molecule has 1 aliphatic heterocycles. The van der Waals surface area contributed by atoms with Gasteiger partial charge in [0.05, 0.1) is 26.9 Å². The van der Waals surface area contributed by atoms with E-state index in [1.165, 1.54) is 0 Å². The summed E-state index contributed by atoms with van der Waals surface area (Å²) >= 11 is 0. The molecular weight excluding hydrogens is 334 g/mol. The Morgan fingerprint density at radius 1 is 1.12 bits per heavy atom. The van der Waals surface area contributed by atoms with E-state index in [2.05, 4.69) is 11.9 Å². The van der Waals surface area contributed by atoms with Crippen LogP contribution < -0.4 is 4.74 Å². The number of aryl methyl sites for hydroxylation is 1. The third-order valence-electron chi connectivity index (χ3n) is 6.87. The number of fused-ring (bicyclic) bond motifs is 1. The van der Waals surface area contributed by atoms with Gasteiger partial charge in [0.25, 0.3) is 0 Å². The summed E-state index contributed by atoms with van der Waals surface area (Å²) in [6.07, 6.45) is 2.22. The summed E-state index contributed by atoms with van der Waals surface area (Å²) < 4.78 is 16.8. The molecule has 3 atom stereocenters. The molecule has 1 heterocycles. The molecule has 1 saturated heterocycles. The van der Waals surface area contributed by atoms with Gasteiger partial charge in [-0.15, -0.1) is 0 Å². The number of likely N-dealkylation sites (tertiary alicyclic amines) is 1. The molecule has 1 fully saturated rings. The average molecular weight is 361 g/mol. The number of hydrogen-bond donors (Lipinski definition) is 2. The maximum Gasteiger partial charge on any atom is 0.163 e. The van der Waals surface area contributed by atoms with Crippen LogP contribution in [-0.2, 0) is 21.3 Å². The van der Waals surface area contributed by atoms with Gasteiger partial charge in [-0.2, -0.15) is 0 Å². The van der Waals surface area contributed by atoms with Crippen LogP contribution in [0.3, 0.4) is 0 Å². The number of phenolic OH excluding ortho intramolecular Hbond substituents is 1. The Morgan fingerprint density at radius 3 is 2.54 bits per heavy atom. The van der Waals surface area contributed by atoms with E-state index in [0.29, 0.717) is 23.7 Å². The number of phenols is 1. The van der Waals surface area contributed by atoms with E-state index in [4.69, 9.17) is 14.2 Å². The number of ether oxygens (including phenoxy) is 3. The lowest BCUT2D eigenvalue weighted by atomic mass is 9.53. The molecule has 0 aromatic heterocycles. The molecule has 6 nitrogen and oxygen atoms in total. The summed E-state index contributed by atoms with van der Waals surface area (Å²) in [5.41, 5.74) is 1.14. The van der Waals surface area contributed by atoms with Crippen LogP contribution in [0.5, 0.6) is 11.5 Å². The largest absolute Gasteiger partial charge is 0.504 e. The van der Waals surface area contributed by atoms with E-state index in [1.807, 2.05) is 12.1 Å². The fourth-order valence-corrected chi connectivity index (χ4v) is 5.87. The predicted molar refractivity (Wildman–Crippen MR) is 96.3 cm³/mol. The zero-order valence-corrected chi connectivity index (χ0v) is 15.8. The summed E-state index contributed by atoms with van der Waals surface area (Å²) in [4.78, 5) is 2.30. The van der Waals surface area contributed by atoms with E-state index in [0.717, 1.165) is 36.9 Å². The molecule has 6 heteroatoms. The topological polar surface area (TPSA) is 71.4 Å². The summed E-state index contributed by atoms with van der Waals surface area (Å²) in [5, 5.41) is 21.9. The SMILES string of the molecule is COC1=C(OC)[C@]23CCc4ccc(OC)c(O)c4C2(CCN3C)CC1O. The van der Waals surface area contributed by atoms with Gasteiger partial charge in [0.2, 0.25) is 0 Å². The van der Waals surface area contributed by atoms with Crippen molar-refractivity contribution in [2.75, 3.05) is 34.9 Å². The Labute approximate surface area is 154 Å². The van der Waals surface area contributed by atoms with Crippen molar-refractivity contribution in [2.24, 2.45) is 0 Å². The maximum atomic E-state index is 11.1. The van der Waals surface area contributed by atoms with E-state index >= 15 is 0 Å². The number of aliphatic hydroxyl groups is 1. The molecule has 1 aromatic rings. The maximum absolute atomic E-state index is 11.1. The second-order valence-corrected chi connectivity index (χ2v) is 7.59. The van der Waals surface area contributed by atoms with Crippen molar-refractivity contribution in [3.05, 3.63) is 34.8 Å². The Kier molecular flexibility index (Phi) is 3.90. The van der Waals surface area contributed by atoms with Crippen LogP contribution in [0.15, 0.2) is 23.7 Å². The molecule has 4 rings (SSSR count). The van der Waals surface area contributed by atoms with Gasteiger partial charge in [-0.1, -0.05) is 6.07 Å². The monoisotopic (exact) mass is 361 g/mol. The van der Waals surface area contributed by atoms with Crippen LogP contribution in [-0.4, -0.2) is 61.7 Å². The third kappa shape index (κ3) is 1.84. The van der Waals surface area contributed by atoms with E-state index in [9.17, 15) is 10.2 Å². The fourth-order valence-electron chi connectivity index (χ4n) is 5.87. The first-order valence-corrected chi connectivity index (χ1v) is 9.08. The molecule has 0 bridgehead atoms. The van der Waals surface area contributed by atoms with Gasteiger partial charge in [0.15, 0.2) is 23.0 Å². The van der Waals surface area contributed by atoms with Crippen molar-refractivity contribution in [1.82, 2.24) is 4.90 Å². The number of hydrogen-bond acceptors (Lipinski definition) is 6. The highest BCUT2D eigenvalue weighted by Crippen LogP contribution is 2.64. The van der Waals surface area contributed by atoms with Gasteiger partial charge in [0, 0.05) is 11.0 Å². The summed E-state index contributed by atoms with van der Waals surface area (Å²) in [5.74, 6) is 1.85. The Bertz CT molecular complexity index is 776. The van der Waals surface area contributed by atoms with E-state index in [1.54, 1.807) is 21.3 Å². The normalized spacial score (nSPS) is 33.3.